The molecule has 100 valence electrons. The van der Waals surface area contributed by atoms with Crippen molar-refractivity contribution in [2.75, 3.05) is 23.9 Å². The van der Waals surface area contributed by atoms with Crippen LogP contribution in [0, 0.1) is 0 Å². The number of thioether (sulfide) groups is 2. The average Bonchev–Trinajstić information content (AvgIpc) is 2.37. The van der Waals surface area contributed by atoms with E-state index >= 15 is 0 Å². The molecule has 2 saturated heterocycles. The second-order valence-electron chi connectivity index (χ2n) is 5.26. The molecule has 1 spiro atoms. The molecule has 2 aliphatic rings. The smallest absolute Gasteiger partial charge is 0.0708 e. The Labute approximate surface area is 114 Å². The Kier molecular flexibility index (Phi) is 5.52. The van der Waals surface area contributed by atoms with E-state index in [4.69, 9.17) is 10.5 Å². The first kappa shape index (κ1) is 14.0. The number of nitrogens with two attached hydrogens (primary N) is 1. The maximum absolute atomic E-state index is 6.11. The monoisotopic (exact) mass is 275 g/mol. The van der Waals surface area contributed by atoms with E-state index in [9.17, 15) is 0 Å². The highest BCUT2D eigenvalue weighted by molar-refractivity contribution is 8.00. The molecule has 0 bridgehead atoms. The quantitative estimate of drug-likeness (QED) is 0.855. The molecule has 0 amide bonds. The van der Waals surface area contributed by atoms with Crippen molar-refractivity contribution in [1.82, 2.24) is 0 Å². The van der Waals surface area contributed by atoms with Gasteiger partial charge in [0.1, 0.15) is 0 Å². The number of hydrogen-bond donors (Lipinski definition) is 1. The van der Waals surface area contributed by atoms with E-state index in [0.29, 0.717) is 6.04 Å². The molecule has 2 nitrogen and oxygen atoms in total. The minimum Gasteiger partial charge on any atom is -0.375 e. The van der Waals surface area contributed by atoms with Crippen molar-refractivity contribution < 1.29 is 4.74 Å². The lowest BCUT2D eigenvalue weighted by atomic mass is 9.88. The molecule has 2 N–H and O–H groups in total. The van der Waals surface area contributed by atoms with E-state index in [0.717, 1.165) is 24.0 Å². The van der Waals surface area contributed by atoms with Crippen LogP contribution in [0.15, 0.2) is 0 Å². The molecule has 4 heteroatoms. The SMILES string of the molecule is CCC(N)CSC1CCOC2(CCSCC2)C1. The van der Waals surface area contributed by atoms with Crippen LogP contribution in [0.5, 0.6) is 0 Å². The minimum absolute atomic E-state index is 0.234. The normalized spacial score (nSPS) is 30.4. The van der Waals surface area contributed by atoms with Crippen molar-refractivity contribution in [2.24, 2.45) is 5.73 Å². The maximum Gasteiger partial charge on any atom is 0.0708 e. The van der Waals surface area contributed by atoms with Crippen LogP contribution in [0.1, 0.15) is 39.0 Å². The summed E-state index contributed by atoms with van der Waals surface area (Å²) in [4.78, 5) is 0. The highest BCUT2D eigenvalue weighted by Gasteiger charge is 2.38. The van der Waals surface area contributed by atoms with Crippen molar-refractivity contribution in [3.63, 3.8) is 0 Å². The van der Waals surface area contributed by atoms with E-state index in [1.165, 1.54) is 37.2 Å². The van der Waals surface area contributed by atoms with Crippen molar-refractivity contribution in [3.8, 4) is 0 Å². The van der Waals surface area contributed by atoms with Gasteiger partial charge < -0.3 is 10.5 Å². The molecule has 2 heterocycles. The van der Waals surface area contributed by atoms with E-state index in [2.05, 4.69) is 30.4 Å². The third-order valence-electron chi connectivity index (χ3n) is 3.92. The molecule has 0 saturated carbocycles. The second-order valence-corrected chi connectivity index (χ2v) is 7.82. The highest BCUT2D eigenvalue weighted by Crippen LogP contribution is 2.40. The van der Waals surface area contributed by atoms with Gasteiger partial charge in [-0.05, 0) is 43.6 Å². The average molecular weight is 275 g/mol. The lowest BCUT2D eigenvalue weighted by molar-refractivity contribution is -0.0805. The third kappa shape index (κ3) is 4.05. The van der Waals surface area contributed by atoms with Gasteiger partial charge in [0.2, 0.25) is 0 Å². The molecule has 2 fully saturated rings. The van der Waals surface area contributed by atoms with Crippen molar-refractivity contribution in [2.45, 2.75) is 55.9 Å². The summed E-state index contributed by atoms with van der Waals surface area (Å²) < 4.78 is 6.11. The van der Waals surface area contributed by atoms with Crippen molar-refractivity contribution in [3.05, 3.63) is 0 Å². The molecule has 0 aromatic heterocycles. The van der Waals surface area contributed by atoms with Crippen LogP contribution in [0.4, 0.5) is 0 Å². The first-order valence-corrected chi connectivity index (χ1v) is 9.03. The van der Waals surface area contributed by atoms with E-state index in [-0.39, 0.29) is 5.60 Å². The van der Waals surface area contributed by atoms with Gasteiger partial charge in [0.25, 0.3) is 0 Å². The van der Waals surface area contributed by atoms with Gasteiger partial charge in [0, 0.05) is 23.7 Å². The lowest BCUT2D eigenvalue weighted by Crippen LogP contribution is -2.44. The van der Waals surface area contributed by atoms with Gasteiger partial charge in [-0.1, -0.05) is 6.92 Å². The minimum atomic E-state index is 0.234. The van der Waals surface area contributed by atoms with Crippen LogP contribution in [0.3, 0.4) is 0 Å². The van der Waals surface area contributed by atoms with Crippen molar-refractivity contribution in [1.29, 1.82) is 0 Å². The molecular weight excluding hydrogens is 250 g/mol. The van der Waals surface area contributed by atoms with Crippen LogP contribution in [0.2, 0.25) is 0 Å². The molecule has 0 radical (unpaired) electrons. The predicted molar refractivity (Wildman–Crippen MR) is 79.0 cm³/mol. The zero-order valence-corrected chi connectivity index (χ0v) is 12.5. The molecule has 0 aliphatic carbocycles. The summed E-state index contributed by atoms with van der Waals surface area (Å²) in [7, 11) is 0. The first-order valence-electron chi connectivity index (χ1n) is 6.83. The standard InChI is InChI=1S/C13H25NOS2/c1-2-11(14)10-17-12-3-6-15-13(9-12)4-7-16-8-5-13/h11-12H,2-10,14H2,1H3. The Hall–Kier alpha value is 0.620. The predicted octanol–water partition coefficient (Wildman–Crippen LogP) is 2.90. The third-order valence-corrected chi connectivity index (χ3v) is 6.40. The van der Waals surface area contributed by atoms with Gasteiger partial charge in [-0.25, -0.2) is 0 Å². The molecular formula is C13H25NOS2. The Bertz CT molecular complexity index is 226. The summed E-state index contributed by atoms with van der Waals surface area (Å²) in [6, 6.07) is 0.376. The molecule has 17 heavy (non-hydrogen) atoms. The van der Waals surface area contributed by atoms with Crippen molar-refractivity contribution >= 4 is 23.5 Å². The van der Waals surface area contributed by atoms with Crippen LogP contribution in [-0.2, 0) is 4.74 Å². The summed E-state index contributed by atoms with van der Waals surface area (Å²) >= 11 is 4.16. The van der Waals surface area contributed by atoms with E-state index < -0.39 is 0 Å². The molecule has 2 aliphatic heterocycles. The molecule has 0 aromatic carbocycles. The topological polar surface area (TPSA) is 35.2 Å². The van der Waals surface area contributed by atoms with Gasteiger partial charge in [-0.15, -0.1) is 0 Å². The lowest BCUT2D eigenvalue weighted by Gasteiger charge is -2.43. The van der Waals surface area contributed by atoms with E-state index in [1.54, 1.807) is 0 Å². The van der Waals surface area contributed by atoms with E-state index in [1.807, 2.05) is 0 Å². The highest BCUT2D eigenvalue weighted by atomic mass is 32.2. The summed E-state index contributed by atoms with van der Waals surface area (Å²) in [6.45, 7) is 3.14. The van der Waals surface area contributed by atoms with Crippen LogP contribution in [-0.4, -0.2) is 40.8 Å². The van der Waals surface area contributed by atoms with Crippen LogP contribution < -0.4 is 5.73 Å². The fraction of sp³-hybridized carbons (Fsp3) is 1.00. The Morgan fingerprint density at radius 2 is 2.24 bits per heavy atom. The largest absolute Gasteiger partial charge is 0.375 e. The fourth-order valence-electron chi connectivity index (χ4n) is 2.59. The van der Waals surface area contributed by atoms with Crippen LogP contribution in [0.25, 0.3) is 0 Å². The number of rotatable bonds is 4. The van der Waals surface area contributed by atoms with Gasteiger partial charge >= 0.3 is 0 Å². The summed E-state index contributed by atoms with van der Waals surface area (Å²) in [5.41, 5.74) is 6.24. The Morgan fingerprint density at radius 3 is 2.94 bits per heavy atom. The molecule has 2 rings (SSSR count). The molecule has 2 unspecified atom stereocenters. The van der Waals surface area contributed by atoms with Gasteiger partial charge in [0.15, 0.2) is 0 Å². The zero-order chi connectivity index (χ0) is 12.1. The number of hydrogen-bond acceptors (Lipinski definition) is 4. The molecule has 2 atom stereocenters. The molecule has 0 aromatic rings. The van der Waals surface area contributed by atoms with Crippen LogP contribution >= 0.6 is 23.5 Å². The maximum atomic E-state index is 6.11. The second kappa shape index (κ2) is 6.69. The van der Waals surface area contributed by atoms with Gasteiger partial charge in [-0.3, -0.25) is 0 Å². The first-order chi connectivity index (χ1) is 8.24. The fourth-order valence-corrected chi connectivity index (χ4v) is 5.27. The Morgan fingerprint density at radius 1 is 1.47 bits per heavy atom. The Balaban J connectivity index is 1.79. The van der Waals surface area contributed by atoms with Gasteiger partial charge in [-0.2, -0.15) is 23.5 Å². The zero-order valence-electron chi connectivity index (χ0n) is 10.8. The number of ether oxygens (including phenoxy) is 1. The van der Waals surface area contributed by atoms with Gasteiger partial charge in [0.05, 0.1) is 5.60 Å². The summed E-state index contributed by atoms with van der Waals surface area (Å²) in [5.74, 6) is 3.68. The summed E-state index contributed by atoms with van der Waals surface area (Å²) in [6.07, 6.45) is 6.09. The summed E-state index contributed by atoms with van der Waals surface area (Å²) in [5, 5.41) is 0.782.